The molecule has 4 heteroatoms. The van der Waals surface area contributed by atoms with Gasteiger partial charge in [-0.1, -0.05) is 43.2 Å². The molecular formula is C22H31NO3. The number of hydrogen-bond donors (Lipinski definition) is 0. The van der Waals surface area contributed by atoms with Gasteiger partial charge >= 0.3 is 0 Å². The van der Waals surface area contributed by atoms with E-state index in [0.717, 1.165) is 44.5 Å². The Morgan fingerprint density at radius 1 is 1.19 bits per heavy atom. The first-order chi connectivity index (χ1) is 12.8. The molecule has 2 heterocycles. The molecule has 0 N–H and O–H groups in total. The van der Waals surface area contributed by atoms with Crippen molar-refractivity contribution in [1.82, 2.24) is 4.90 Å². The molecule has 0 aromatic rings. The average molecular weight is 357 g/mol. The molecule has 142 valence electrons. The fraction of sp³-hybridized carbons (Fsp3) is 0.545. The van der Waals surface area contributed by atoms with Crippen LogP contribution in [0.15, 0.2) is 60.0 Å². The van der Waals surface area contributed by atoms with Gasteiger partial charge in [-0.15, -0.1) is 0 Å². The zero-order chi connectivity index (χ0) is 18.0. The Kier molecular flexibility index (Phi) is 7.59. The van der Waals surface area contributed by atoms with E-state index in [-0.39, 0.29) is 6.23 Å². The minimum absolute atomic E-state index is 0.224. The van der Waals surface area contributed by atoms with E-state index in [9.17, 15) is 0 Å². The zero-order valence-corrected chi connectivity index (χ0v) is 15.9. The van der Waals surface area contributed by atoms with Crippen LogP contribution in [0, 0.1) is 0 Å². The third kappa shape index (κ3) is 5.89. The second-order valence-electron chi connectivity index (χ2n) is 7.00. The molecule has 1 fully saturated rings. The molecule has 1 atom stereocenters. The van der Waals surface area contributed by atoms with Crippen molar-refractivity contribution in [3.63, 3.8) is 0 Å². The number of nitrogens with zero attached hydrogens (tertiary/aromatic N) is 1. The molecule has 0 amide bonds. The van der Waals surface area contributed by atoms with Gasteiger partial charge in [0.15, 0.2) is 5.76 Å². The normalized spacial score (nSPS) is 22.3. The highest BCUT2D eigenvalue weighted by Gasteiger charge is 2.18. The molecule has 4 nitrogen and oxygen atoms in total. The minimum Gasteiger partial charge on any atom is -0.462 e. The summed E-state index contributed by atoms with van der Waals surface area (Å²) in [6.45, 7) is 5.09. The van der Waals surface area contributed by atoms with Gasteiger partial charge in [-0.3, -0.25) is 4.90 Å². The third-order valence-corrected chi connectivity index (χ3v) is 4.97. The van der Waals surface area contributed by atoms with Crippen LogP contribution in [0.1, 0.15) is 51.9 Å². The Morgan fingerprint density at radius 3 is 2.77 bits per heavy atom. The van der Waals surface area contributed by atoms with Crippen molar-refractivity contribution in [2.75, 3.05) is 19.7 Å². The molecule has 0 radical (unpaired) electrons. The molecule has 26 heavy (non-hydrogen) atoms. The van der Waals surface area contributed by atoms with Crippen molar-refractivity contribution >= 4 is 0 Å². The lowest BCUT2D eigenvalue weighted by atomic mass is 10.0. The molecule has 0 aromatic heterocycles. The van der Waals surface area contributed by atoms with Crippen LogP contribution in [0.4, 0.5) is 0 Å². The van der Waals surface area contributed by atoms with E-state index in [2.05, 4.69) is 30.1 Å². The first kappa shape index (κ1) is 19.0. The number of piperidine rings is 1. The van der Waals surface area contributed by atoms with Crippen molar-refractivity contribution in [3.8, 4) is 0 Å². The molecule has 3 rings (SSSR count). The van der Waals surface area contributed by atoms with Crippen molar-refractivity contribution < 1.29 is 14.2 Å². The predicted molar refractivity (Wildman–Crippen MR) is 104 cm³/mol. The van der Waals surface area contributed by atoms with Gasteiger partial charge in [0.2, 0.25) is 0 Å². The van der Waals surface area contributed by atoms with Crippen LogP contribution >= 0.6 is 0 Å². The summed E-state index contributed by atoms with van der Waals surface area (Å²) in [5.74, 6) is 1.57. The summed E-state index contributed by atoms with van der Waals surface area (Å²) in [6, 6.07) is 0. The van der Waals surface area contributed by atoms with Gasteiger partial charge in [0.1, 0.15) is 24.5 Å². The summed E-state index contributed by atoms with van der Waals surface area (Å²) in [4.78, 5) is 2.46. The Balaban J connectivity index is 1.38. The van der Waals surface area contributed by atoms with E-state index < -0.39 is 0 Å². The van der Waals surface area contributed by atoms with Crippen molar-refractivity contribution in [2.24, 2.45) is 0 Å². The molecule has 1 aliphatic carbocycles. The molecule has 0 bridgehead atoms. The molecule has 3 aliphatic rings. The van der Waals surface area contributed by atoms with Crippen LogP contribution in [-0.2, 0) is 14.2 Å². The first-order valence-corrected chi connectivity index (χ1v) is 9.94. The fourth-order valence-electron chi connectivity index (χ4n) is 3.53. The number of hydrogen-bond acceptors (Lipinski definition) is 4. The van der Waals surface area contributed by atoms with Crippen LogP contribution < -0.4 is 0 Å². The van der Waals surface area contributed by atoms with Gasteiger partial charge in [0.25, 0.3) is 0 Å². The molecule has 1 unspecified atom stereocenters. The summed E-state index contributed by atoms with van der Waals surface area (Å²) in [5.41, 5.74) is 1.38. The maximum absolute atomic E-state index is 6.03. The number of likely N-dealkylation sites (tertiary alicyclic amines) is 1. The van der Waals surface area contributed by atoms with E-state index in [1.165, 1.54) is 24.8 Å². The lowest BCUT2D eigenvalue weighted by Crippen LogP contribution is -2.40. The summed E-state index contributed by atoms with van der Waals surface area (Å²) in [5, 5.41) is 0. The highest BCUT2D eigenvalue weighted by atomic mass is 16.5. The topological polar surface area (TPSA) is 30.9 Å². The van der Waals surface area contributed by atoms with Crippen molar-refractivity contribution in [1.29, 1.82) is 0 Å². The summed E-state index contributed by atoms with van der Waals surface area (Å²) < 4.78 is 17.4. The number of ether oxygens (including phenoxy) is 3. The van der Waals surface area contributed by atoms with Gasteiger partial charge in [-0.05, 0) is 38.2 Å². The van der Waals surface area contributed by atoms with Crippen LogP contribution in [0.25, 0.3) is 0 Å². The lowest BCUT2D eigenvalue weighted by Gasteiger charge is -2.33. The van der Waals surface area contributed by atoms with Gasteiger partial charge in [-0.25, -0.2) is 0 Å². The van der Waals surface area contributed by atoms with Gasteiger partial charge in [0, 0.05) is 19.5 Å². The van der Waals surface area contributed by atoms with Crippen molar-refractivity contribution in [2.45, 2.75) is 58.1 Å². The third-order valence-electron chi connectivity index (χ3n) is 4.97. The monoisotopic (exact) mass is 357 g/mol. The summed E-state index contributed by atoms with van der Waals surface area (Å²) in [7, 11) is 0. The van der Waals surface area contributed by atoms with Crippen LogP contribution in [0.2, 0.25) is 0 Å². The highest BCUT2D eigenvalue weighted by molar-refractivity contribution is 5.23. The fourth-order valence-corrected chi connectivity index (χ4v) is 3.53. The van der Waals surface area contributed by atoms with Gasteiger partial charge < -0.3 is 14.2 Å². The second-order valence-corrected chi connectivity index (χ2v) is 7.00. The van der Waals surface area contributed by atoms with E-state index >= 15 is 0 Å². The molecular weight excluding hydrogens is 326 g/mol. The molecule has 2 aliphatic heterocycles. The van der Waals surface area contributed by atoms with E-state index in [1.54, 1.807) is 12.5 Å². The Morgan fingerprint density at radius 2 is 2.08 bits per heavy atom. The highest BCUT2D eigenvalue weighted by Crippen LogP contribution is 2.24. The second kappa shape index (κ2) is 10.4. The molecule has 0 saturated carbocycles. The van der Waals surface area contributed by atoms with E-state index in [4.69, 9.17) is 14.2 Å². The molecule has 0 spiro atoms. The standard InChI is InChI=1S/C22H31NO3/c1-2-22(23-13-7-4-8-14-23)24-15-9-12-20-17-26-21(18-25-20)16-19-10-5-3-6-11-19/h3,5,9-10,12,17-18,22H,2,4,6-8,11,13-16H2,1H3. The largest absolute Gasteiger partial charge is 0.462 e. The quantitative estimate of drug-likeness (QED) is 0.599. The SMILES string of the molecule is CCC(OCC=CC1=COC(CC2=CC=CCC2)=CO1)N1CCCCC1. The zero-order valence-electron chi connectivity index (χ0n) is 15.9. The molecule has 1 saturated heterocycles. The number of rotatable bonds is 8. The van der Waals surface area contributed by atoms with Crippen LogP contribution in [0.3, 0.4) is 0 Å². The van der Waals surface area contributed by atoms with Gasteiger partial charge in [0.05, 0.1) is 6.61 Å². The first-order valence-electron chi connectivity index (χ1n) is 9.94. The van der Waals surface area contributed by atoms with Crippen LogP contribution in [-0.4, -0.2) is 30.8 Å². The summed E-state index contributed by atoms with van der Waals surface area (Å²) >= 11 is 0. The lowest BCUT2D eigenvalue weighted by molar-refractivity contribution is -0.0579. The smallest absolute Gasteiger partial charge is 0.161 e. The van der Waals surface area contributed by atoms with Crippen molar-refractivity contribution in [3.05, 3.63) is 60.0 Å². The van der Waals surface area contributed by atoms with Gasteiger partial charge in [-0.2, -0.15) is 0 Å². The molecule has 0 aromatic carbocycles. The van der Waals surface area contributed by atoms with Crippen LogP contribution in [0.5, 0.6) is 0 Å². The Bertz CT molecular complexity index is 595. The van der Waals surface area contributed by atoms with E-state index in [0.29, 0.717) is 12.4 Å². The minimum atomic E-state index is 0.224. The van der Waals surface area contributed by atoms with E-state index in [1.807, 2.05) is 12.2 Å². The maximum atomic E-state index is 6.03. The predicted octanol–water partition coefficient (Wildman–Crippen LogP) is 5.18. The maximum Gasteiger partial charge on any atom is 0.161 e. The average Bonchev–Trinajstić information content (AvgIpc) is 2.71. The summed E-state index contributed by atoms with van der Waals surface area (Å²) in [6.07, 6.45) is 22.0. The Hall–Kier alpha value is -1.78. The number of allylic oxidation sites excluding steroid dienone is 5. The Labute approximate surface area is 157 Å².